The molecule has 0 saturated carbocycles. The highest BCUT2D eigenvalue weighted by molar-refractivity contribution is 5.97. The van der Waals surface area contributed by atoms with E-state index in [1.165, 1.54) is 5.56 Å². The van der Waals surface area contributed by atoms with Gasteiger partial charge in [-0.3, -0.25) is 9.59 Å². The molecule has 2 aromatic rings. The standard InChI is InChI=1S/C27H32N2O4/c1-2-18-32-19-5-20-33-24-11-8-22(9-12-24)27(31)28-16-14-23(15-17-28)29-25-7-4-3-6-21(25)10-13-26(29)30/h2-4,6-9,11-12,23H,1,5,10,13-20H2. The van der Waals surface area contributed by atoms with Gasteiger partial charge in [0.05, 0.1) is 19.8 Å². The lowest BCUT2D eigenvalue weighted by Crippen LogP contribution is -2.50. The van der Waals surface area contributed by atoms with Crippen molar-refractivity contribution in [2.75, 3.05) is 37.8 Å². The van der Waals surface area contributed by atoms with Gasteiger partial charge in [0.15, 0.2) is 0 Å². The highest BCUT2D eigenvalue weighted by Crippen LogP contribution is 2.32. The summed E-state index contributed by atoms with van der Waals surface area (Å²) in [5, 5.41) is 0. The molecule has 0 atom stereocenters. The normalized spacial score (nSPS) is 16.4. The van der Waals surface area contributed by atoms with Crippen LogP contribution in [0.2, 0.25) is 0 Å². The zero-order chi connectivity index (χ0) is 23.0. The maximum Gasteiger partial charge on any atom is 0.253 e. The van der Waals surface area contributed by atoms with Crippen LogP contribution in [0.3, 0.4) is 0 Å². The van der Waals surface area contributed by atoms with Crippen molar-refractivity contribution in [2.45, 2.75) is 38.1 Å². The molecule has 174 valence electrons. The third-order valence-electron chi connectivity index (χ3n) is 6.28. The molecule has 0 aliphatic carbocycles. The third-order valence-corrected chi connectivity index (χ3v) is 6.28. The van der Waals surface area contributed by atoms with Gasteiger partial charge in [-0.15, -0.1) is 6.58 Å². The molecule has 0 spiro atoms. The summed E-state index contributed by atoms with van der Waals surface area (Å²) in [5.74, 6) is 0.973. The summed E-state index contributed by atoms with van der Waals surface area (Å²) in [7, 11) is 0. The smallest absolute Gasteiger partial charge is 0.253 e. The van der Waals surface area contributed by atoms with Crippen molar-refractivity contribution < 1.29 is 19.1 Å². The SMILES string of the molecule is C=CCOCCCOc1ccc(C(=O)N2CCC(N3C(=O)CCc4ccccc43)CC2)cc1. The molecule has 2 amide bonds. The van der Waals surface area contributed by atoms with Crippen LogP contribution in [-0.4, -0.2) is 55.7 Å². The van der Waals surface area contributed by atoms with Gasteiger partial charge in [0.2, 0.25) is 5.91 Å². The number of anilines is 1. The molecule has 2 aliphatic heterocycles. The second-order valence-corrected chi connectivity index (χ2v) is 8.51. The maximum absolute atomic E-state index is 13.0. The fourth-order valence-electron chi connectivity index (χ4n) is 4.58. The van der Waals surface area contributed by atoms with E-state index in [0.717, 1.165) is 37.1 Å². The number of hydrogen-bond acceptors (Lipinski definition) is 4. The first-order valence-corrected chi connectivity index (χ1v) is 11.8. The number of carbonyl (C=O) groups is 2. The number of rotatable bonds is 9. The van der Waals surface area contributed by atoms with Gasteiger partial charge < -0.3 is 19.3 Å². The Morgan fingerprint density at radius 3 is 2.55 bits per heavy atom. The fourth-order valence-corrected chi connectivity index (χ4v) is 4.58. The average Bonchev–Trinajstić information content (AvgIpc) is 2.86. The van der Waals surface area contributed by atoms with Crippen molar-refractivity contribution in [3.8, 4) is 5.75 Å². The van der Waals surface area contributed by atoms with E-state index in [9.17, 15) is 9.59 Å². The summed E-state index contributed by atoms with van der Waals surface area (Å²) < 4.78 is 11.1. The highest BCUT2D eigenvalue weighted by atomic mass is 16.5. The number of likely N-dealkylation sites (tertiary alicyclic amines) is 1. The zero-order valence-corrected chi connectivity index (χ0v) is 19.1. The Kier molecular flexibility index (Phi) is 7.79. The molecular weight excluding hydrogens is 416 g/mol. The van der Waals surface area contributed by atoms with Gasteiger partial charge in [0.1, 0.15) is 5.75 Å². The minimum Gasteiger partial charge on any atom is -0.494 e. The molecule has 2 heterocycles. The van der Waals surface area contributed by atoms with E-state index < -0.39 is 0 Å². The number of ether oxygens (including phenoxy) is 2. The summed E-state index contributed by atoms with van der Waals surface area (Å²) in [4.78, 5) is 29.6. The largest absolute Gasteiger partial charge is 0.494 e. The third kappa shape index (κ3) is 5.63. The Hall–Kier alpha value is -3.12. The van der Waals surface area contributed by atoms with Crippen LogP contribution in [-0.2, 0) is 16.0 Å². The van der Waals surface area contributed by atoms with Gasteiger partial charge in [0.25, 0.3) is 5.91 Å². The number of fused-ring (bicyclic) bond motifs is 1. The van der Waals surface area contributed by atoms with Crippen LogP contribution in [0.15, 0.2) is 61.2 Å². The lowest BCUT2D eigenvalue weighted by Gasteiger charge is -2.41. The van der Waals surface area contributed by atoms with Gasteiger partial charge in [0, 0.05) is 43.2 Å². The summed E-state index contributed by atoms with van der Waals surface area (Å²) in [6, 6.07) is 15.6. The van der Waals surface area contributed by atoms with E-state index in [-0.39, 0.29) is 17.9 Å². The van der Waals surface area contributed by atoms with Gasteiger partial charge in [-0.1, -0.05) is 24.3 Å². The quantitative estimate of drug-likeness (QED) is 0.425. The second kappa shape index (κ2) is 11.1. The van der Waals surface area contributed by atoms with Crippen molar-refractivity contribution in [1.29, 1.82) is 0 Å². The van der Waals surface area contributed by atoms with Gasteiger partial charge in [-0.2, -0.15) is 0 Å². The molecule has 1 fully saturated rings. The molecule has 2 aromatic carbocycles. The van der Waals surface area contributed by atoms with Gasteiger partial charge >= 0.3 is 0 Å². The zero-order valence-electron chi connectivity index (χ0n) is 19.1. The average molecular weight is 449 g/mol. The number of carbonyl (C=O) groups excluding carboxylic acids is 2. The Bertz CT molecular complexity index is 964. The molecule has 0 bridgehead atoms. The number of amides is 2. The van der Waals surface area contributed by atoms with Gasteiger partial charge in [-0.05, 0) is 55.2 Å². The van der Waals surface area contributed by atoms with Crippen LogP contribution in [0, 0.1) is 0 Å². The predicted molar refractivity (Wildman–Crippen MR) is 129 cm³/mol. The molecule has 6 nitrogen and oxygen atoms in total. The summed E-state index contributed by atoms with van der Waals surface area (Å²) >= 11 is 0. The Morgan fingerprint density at radius 2 is 1.79 bits per heavy atom. The van der Waals surface area contributed by atoms with E-state index in [4.69, 9.17) is 9.47 Å². The number of nitrogens with zero attached hydrogens (tertiary/aromatic N) is 2. The molecule has 0 aromatic heterocycles. The molecule has 0 unspecified atom stereocenters. The first-order valence-electron chi connectivity index (χ1n) is 11.8. The highest BCUT2D eigenvalue weighted by Gasteiger charge is 2.33. The van der Waals surface area contributed by atoms with Crippen molar-refractivity contribution >= 4 is 17.5 Å². The lowest BCUT2D eigenvalue weighted by molar-refractivity contribution is -0.119. The van der Waals surface area contributed by atoms with Gasteiger partial charge in [-0.25, -0.2) is 0 Å². The molecule has 2 aliphatic rings. The molecule has 1 saturated heterocycles. The van der Waals surface area contributed by atoms with E-state index in [1.54, 1.807) is 6.08 Å². The molecular formula is C27H32N2O4. The predicted octanol–water partition coefficient (Wildman–Crippen LogP) is 4.24. The monoisotopic (exact) mass is 448 g/mol. The van der Waals surface area contributed by atoms with E-state index in [0.29, 0.717) is 44.9 Å². The van der Waals surface area contributed by atoms with Crippen LogP contribution in [0.25, 0.3) is 0 Å². The summed E-state index contributed by atoms with van der Waals surface area (Å²) in [6.45, 7) is 6.67. The minimum atomic E-state index is 0.0307. The van der Waals surface area contributed by atoms with Crippen molar-refractivity contribution in [3.63, 3.8) is 0 Å². The van der Waals surface area contributed by atoms with E-state index in [1.807, 2.05) is 52.3 Å². The molecule has 0 radical (unpaired) electrons. The second-order valence-electron chi connectivity index (χ2n) is 8.51. The number of para-hydroxylation sites is 1. The molecule has 33 heavy (non-hydrogen) atoms. The number of benzene rings is 2. The van der Waals surface area contributed by atoms with Crippen LogP contribution in [0.5, 0.6) is 5.75 Å². The van der Waals surface area contributed by atoms with Crippen molar-refractivity contribution in [3.05, 3.63) is 72.3 Å². The van der Waals surface area contributed by atoms with Crippen LogP contribution in [0.4, 0.5) is 5.69 Å². The fraction of sp³-hybridized carbons (Fsp3) is 0.407. The molecule has 6 heteroatoms. The van der Waals surface area contributed by atoms with E-state index >= 15 is 0 Å². The van der Waals surface area contributed by atoms with Crippen LogP contribution in [0.1, 0.15) is 41.6 Å². The molecule has 4 rings (SSSR count). The van der Waals surface area contributed by atoms with Crippen molar-refractivity contribution in [2.24, 2.45) is 0 Å². The maximum atomic E-state index is 13.0. The topological polar surface area (TPSA) is 59.1 Å². The number of piperidine rings is 1. The van der Waals surface area contributed by atoms with Crippen molar-refractivity contribution in [1.82, 2.24) is 4.90 Å². The number of hydrogen-bond donors (Lipinski definition) is 0. The summed E-state index contributed by atoms with van der Waals surface area (Å²) in [5.41, 5.74) is 2.94. The van der Waals surface area contributed by atoms with E-state index in [2.05, 4.69) is 12.6 Å². The molecule has 0 N–H and O–H groups in total. The Balaban J connectivity index is 1.28. The minimum absolute atomic E-state index is 0.0307. The first kappa shape index (κ1) is 23.1. The lowest BCUT2D eigenvalue weighted by atomic mass is 9.95. The first-order chi connectivity index (χ1) is 16.2. The Morgan fingerprint density at radius 1 is 1.03 bits per heavy atom. The summed E-state index contributed by atoms with van der Waals surface area (Å²) in [6.07, 6.45) is 5.48. The Labute approximate surface area is 195 Å². The number of aryl methyl sites for hydroxylation is 1. The van der Waals surface area contributed by atoms with Crippen LogP contribution >= 0.6 is 0 Å². The van der Waals surface area contributed by atoms with Crippen LogP contribution < -0.4 is 9.64 Å².